The molecule has 0 bridgehead atoms. The monoisotopic (exact) mass is 216 g/mol. The van der Waals surface area contributed by atoms with E-state index in [1.165, 1.54) is 0 Å². The van der Waals surface area contributed by atoms with Crippen molar-refractivity contribution in [2.24, 2.45) is 11.8 Å². The van der Waals surface area contributed by atoms with Gasteiger partial charge in [-0.15, -0.1) is 0 Å². The molecule has 0 saturated heterocycles. The molecule has 0 saturated carbocycles. The van der Waals surface area contributed by atoms with E-state index in [0.29, 0.717) is 18.4 Å². The van der Waals surface area contributed by atoms with Gasteiger partial charge in [0, 0.05) is 13.1 Å². The summed E-state index contributed by atoms with van der Waals surface area (Å²) in [6.07, 6.45) is -0.0485. The molecule has 0 aromatic carbocycles. The lowest BCUT2D eigenvalue weighted by molar-refractivity contribution is -0.136. The van der Waals surface area contributed by atoms with Gasteiger partial charge < -0.3 is 15.7 Å². The molecule has 0 spiro atoms. The lowest BCUT2D eigenvalue weighted by Gasteiger charge is -2.16. The second-order valence-corrected chi connectivity index (χ2v) is 4.00. The molecule has 0 rings (SSSR count). The predicted molar refractivity (Wildman–Crippen MR) is 57.7 cm³/mol. The minimum Gasteiger partial charge on any atom is -0.481 e. The van der Waals surface area contributed by atoms with Crippen LogP contribution in [-0.2, 0) is 4.79 Å². The van der Waals surface area contributed by atoms with E-state index in [4.69, 9.17) is 5.11 Å². The number of carbonyl (C=O) groups is 2. The first-order chi connectivity index (χ1) is 6.93. The normalized spacial score (nSPS) is 12.3. The molecule has 3 N–H and O–H groups in total. The van der Waals surface area contributed by atoms with Crippen molar-refractivity contribution in [3.8, 4) is 0 Å². The number of amides is 2. The Morgan fingerprint density at radius 2 is 1.80 bits per heavy atom. The molecule has 0 fully saturated rings. The smallest absolute Gasteiger partial charge is 0.314 e. The van der Waals surface area contributed by atoms with E-state index in [0.717, 1.165) is 0 Å². The van der Waals surface area contributed by atoms with Crippen LogP contribution in [0.15, 0.2) is 0 Å². The summed E-state index contributed by atoms with van der Waals surface area (Å²) in [6, 6.07) is -0.302. The van der Waals surface area contributed by atoms with Gasteiger partial charge in [0.1, 0.15) is 0 Å². The summed E-state index contributed by atoms with van der Waals surface area (Å²) in [6.45, 7) is 7.01. The number of carbonyl (C=O) groups excluding carboxylic acids is 1. The Kier molecular flexibility index (Phi) is 6.49. The molecule has 88 valence electrons. The largest absolute Gasteiger partial charge is 0.481 e. The standard InChI is InChI=1S/C10H20N2O3/c1-7(2)8(3)6-12-10(15)11-5-4-9(13)14/h7-8H,4-6H2,1-3H3,(H,13,14)(H2,11,12,15). The van der Waals surface area contributed by atoms with Crippen molar-refractivity contribution in [2.75, 3.05) is 13.1 Å². The Balaban J connectivity index is 3.53. The molecule has 15 heavy (non-hydrogen) atoms. The van der Waals surface area contributed by atoms with Crippen molar-refractivity contribution in [1.29, 1.82) is 0 Å². The lowest BCUT2D eigenvalue weighted by Crippen LogP contribution is -2.39. The van der Waals surface area contributed by atoms with Gasteiger partial charge in [-0.3, -0.25) is 4.79 Å². The van der Waals surface area contributed by atoms with E-state index in [-0.39, 0.29) is 19.0 Å². The van der Waals surface area contributed by atoms with Crippen LogP contribution >= 0.6 is 0 Å². The van der Waals surface area contributed by atoms with Crippen molar-refractivity contribution in [3.63, 3.8) is 0 Å². The molecule has 0 aromatic heterocycles. The Bertz CT molecular complexity index is 217. The molecule has 5 heteroatoms. The summed E-state index contributed by atoms with van der Waals surface area (Å²) < 4.78 is 0. The molecular formula is C10H20N2O3. The molecule has 5 nitrogen and oxygen atoms in total. The van der Waals surface area contributed by atoms with Gasteiger partial charge in [0.2, 0.25) is 0 Å². The summed E-state index contributed by atoms with van der Waals surface area (Å²) in [5.41, 5.74) is 0. The number of nitrogens with one attached hydrogen (secondary N) is 2. The van der Waals surface area contributed by atoms with Gasteiger partial charge in [0.05, 0.1) is 6.42 Å². The number of carboxylic acid groups (broad SMARTS) is 1. The average molecular weight is 216 g/mol. The molecule has 0 aliphatic heterocycles. The molecule has 0 aliphatic rings. The number of hydrogen-bond donors (Lipinski definition) is 3. The third-order valence-corrected chi connectivity index (χ3v) is 2.35. The van der Waals surface area contributed by atoms with Crippen LogP contribution in [0.4, 0.5) is 4.79 Å². The SMILES string of the molecule is CC(C)C(C)CNC(=O)NCCC(=O)O. The van der Waals surface area contributed by atoms with Gasteiger partial charge >= 0.3 is 12.0 Å². The average Bonchev–Trinajstić information content (AvgIpc) is 2.13. The van der Waals surface area contributed by atoms with Crippen LogP contribution in [0.3, 0.4) is 0 Å². The third kappa shape index (κ3) is 7.78. The third-order valence-electron chi connectivity index (χ3n) is 2.35. The predicted octanol–water partition coefficient (Wildman–Crippen LogP) is 1.05. The maximum absolute atomic E-state index is 11.1. The zero-order chi connectivity index (χ0) is 11.8. The minimum atomic E-state index is -0.911. The Labute approximate surface area is 90.2 Å². The molecule has 0 aromatic rings. The van der Waals surface area contributed by atoms with Crippen LogP contribution in [0, 0.1) is 11.8 Å². The highest BCUT2D eigenvalue weighted by atomic mass is 16.4. The van der Waals surface area contributed by atoms with Crippen molar-refractivity contribution in [3.05, 3.63) is 0 Å². The molecule has 1 unspecified atom stereocenters. The zero-order valence-corrected chi connectivity index (χ0v) is 9.54. The summed E-state index contributed by atoms with van der Waals surface area (Å²) >= 11 is 0. The van der Waals surface area contributed by atoms with Crippen molar-refractivity contribution in [2.45, 2.75) is 27.2 Å². The van der Waals surface area contributed by atoms with Gasteiger partial charge in [-0.1, -0.05) is 20.8 Å². The number of carboxylic acids is 1. The van der Waals surface area contributed by atoms with Gasteiger partial charge in [-0.2, -0.15) is 0 Å². The van der Waals surface area contributed by atoms with E-state index in [2.05, 4.69) is 31.4 Å². The second-order valence-electron chi connectivity index (χ2n) is 4.00. The van der Waals surface area contributed by atoms with Crippen LogP contribution in [0.1, 0.15) is 27.2 Å². The van der Waals surface area contributed by atoms with Gasteiger partial charge in [-0.25, -0.2) is 4.79 Å². The summed E-state index contributed by atoms with van der Waals surface area (Å²) in [5.74, 6) is 0.0189. The molecule has 0 heterocycles. The Hall–Kier alpha value is -1.26. The van der Waals surface area contributed by atoms with Gasteiger partial charge in [0.15, 0.2) is 0 Å². The molecule has 0 aliphatic carbocycles. The fourth-order valence-electron chi connectivity index (χ4n) is 0.835. The van der Waals surface area contributed by atoms with E-state index in [1.807, 2.05) is 0 Å². The zero-order valence-electron chi connectivity index (χ0n) is 9.54. The highest BCUT2D eigenvalue weighted by Gasteiger charge is 2.08. The summed E-state index contributed by atoms with van der Waals surface area (Å²) in [5, 5.41) is 13.5. The first kappa shape index (κ1) is 13.7. The van der Waals surface area contributed by atoms with Crippen molar-refractivity contribution >= 4 is 12.0 Å². The van der Waals surface area contributed by atoms with Crippen molar-refractivity contribution < 1.29 is 14.7 Å². The van der Waals surface area contributed by atoms with Crippen LogP contribution in [0.5, 0.6) is 0 Å². The van der Waals surface area contributed by atoms with Crippen LogP contribution in [0.2, 0.25) is 0 Å². The van der Waals surface area contributed by atoms with E-state index >= 15 is 0 Å². The highest BCUT2D eigenvalue weighted by molar-refractivity contribution is 5.74. The van der Waals surface area contributed by atoms with Crippen LogP contribution in [0.25, 0.3) is 0 Å². The summed E-state index contributed by atoms with van der Waals surface area (Å²) in [7, 11) is 0. The van der Waals surface area contributed by atoms with E-state index in [1.54, 1.807) is 0 Å². The first-order valence-corrected chi connectivity index (χ1v) is 5.17. The Morgan fingerprint density at radius 1 is 1.20 bits per heavy atom. The quantitative estimate of drug-likeness (QED) is 0.621. The first-order valence-electron chi connectivity index (χ1n) is 5.17. The molecule has 2 amide bonds. The maximum atomic E-state index is 11.1. The molecule has 1 atom stereocenters. The second kappa shape index (κ2) is 7.09. The highest BCUT2D eigenvalue weighted by Crippen LogP contribution is 2.07. The number of aliphatic carboxylic acids is 1. The topological polar surface area (TPSA) is 78.4 Å². The minimum absolute atomic E-state index is 0.0485. The number of rotatable bonds is 6. The fourth-order valence-corrected chi connectivity index (χ4v) is 0.835. The van der Waals surface area contributed by atoms with Gasteiger partial charge in [-0.05, 0) is 11.8 Å². The lowest BCUT2D eigenvalue weighted by atomic mass is 9.98. The number of urea groups is 1. The van der Waals surface area contributed by atoms with E-state index < -0.39 is 5.97 Å². The molecular weight excluding hydrogens is 196 g/mol. The van der Waals surface area contributed by atoms with E-state index in [9.17, 15) is 9.59 Å². The van der Waals surface area contributed by atoms with Gasteiger partial charge in [0.25, 0.3) is 0 Å². The maximum Gasteiger partial charge on any atom is 0.314 e. The van der Waals surface area contributed by atoms with Crippen LogP contribution < -0.4 is 10.6 Å². The Morgan fingerprint density at radius 3 is 2.27 bits per heavy atom. The molecule has 0 radical (unpaired) electrons. The van der Waals surface area contributed by atoms with Crippen molar-refractivity contribution in [1.82, 2.24) is 10.6 Å². The fraction of sp³-hybridized carbons (Fsp3) is 0.800. The summed E-state index contributed by atoms with van der Waals surface area (Å²) in [4.78, 5) is 21.3. The number of hydrogen-bond acceptors (Lipinski definition) is 2. The van der Waals surface area contributed by atoms with Crippen LogP contribution in [-0.4, -0.2) is 30.2 Å².